The number of hydrogen-bond donors (Lipinski definition) is 12. The molecule has 8 atom stereocenters. The van der Waals surface area contributed by atoms with Gasteiger partial charge in [-0.15, -0.1) is 0 Å². The number of aromatic hydroxyl groups is 1. The highest BCUT2D eigenvalue weighted by molar-refractivity contribution is 5.97. The molecule has 0 aromatic heterocycles. The molecule has 0 radical (unpaired) electrons. The second-order valence-electron chi connectivity index (χ2n) is 15.4. The minimum Gasteiger partial charge on any atom is -0.508 e. The lowest BCUT2D eigenvalue weighted by molar-refractivity contribution is -0.136. The predicted molar refractivity (Wildman–Crippen MR) is 216 cm³/mol. The van der Waals surface area contributed by atoms with Crippen molar-refractivity contribution >= 4 is 47.3 Å². The molecule has 1 aromatic rings. The van der Waals surface area contributed by atoms with Crippen LogP contribution in [0.15, 0.2) is 24.3 Å². The van der Waals surface area contributed by atoms with Crippen LogP contribution in [-0.2, 0) is 44.8 Å². The van der Waals surface area contributed by atoms with Crippen molar-refractivity contribution < 1.29 is 53.7 Å². The van der Waals surface area contributed by atoms with E-state index in [-0.39, 0.29) is 43.3 Å². The van der Waals surface area contributed by atoms with Crippen LogP contribution in [0.5, 0.6) is 5.75 Å². The van der Waals surface area contributed by atoms with E-state index in [0.29, 0.717) is 18.4 Å². The summed E-state index contributed by atoms with van der Waals surface area (Å²) < 4.78 is 0. The highest BCUT2D eigenvalue weighted by Gasteiger charge is 2.33. The summed E-state index contributed by atoms with van der Waals surface area (Å²) in [7, 11) is 0. The average Bonchev–Trinajstić information content (AvgIpc) is 3.16. The van der Waals surface area contributed by atoms with Gasteiger partial charge in [0.25, 0.3) is 0 Å². The highest BCUT2D eigenvalue weighted by Crippen LogP contribution is 2.13. The van der Waals surface area contributed by atoms with E-state index in [1.165, 1.54) is 38.1 Å². The summed E-state index contributed by atoms with van der Waals surface area (Å²) in [6.45, 7) is 10.2. The van der Waals surface area contributed by atoms with Crippen molar-refractivity contribution in [1.82, 2.24) is 37.2 Å². The Morgan fingerprint density at radius 3 is 1.42 bits per heavy atom. The van der Waals surface area contributed by atoms with Gasteiger partial charge in [0.2, 0.25) is 47.3 Å². The molecule has 0 unspecified atom stereocenters. The van der Waals surface area contributed by atoms with Crippen molar-refractivity contribution in [2.24, 2.45) is 23.3 Å². The van der Waals surface area contributed by atoms with E-state index in [0.717, 1.165) is 0 Å². The number of nitrogens with one attached hydrogen (secondary N) is 7. The van der Waals surface area contributed by atoms with Gasteiger partial charge in [-0.3, -0.25) is 38.4 Å². The quantitative estimate of drug-likeness (QED) is 0.0459. The van der Waals surface area contributed by atoms with E-state index >= 15 is 0 Å². The summed E-state index contributed by atoms with van der Waals surface area (Å²) in [4.78, 5) is 104. The Balaban J connectivity index is 3.19. The van der Waals surface area contributed by atoms with Crippen LogP contribution in [0.25, 0.3) is 0 Å². The van der Waals surface area contributed by atoms with Gasteiger partial charge >= 0.3 is 0 Å². The molecule has 0 aliphatic rings. The summed E-state index contributed by atoms with van der Waals surface area (Å²) in [6, 6.07) is -4.09. The molecule has 0 spiro atoms. The summed E-state index contributed by atoms with van der Waals surface area (Å²) in [6.07, 6.45) is 1.47. The van der Waals surface area contributed by atoms with Gasteiger partial charge in [0.15, 0.2) is 0 Å². The Kier molecular flexibility index (Phi) is 22.7. The summed E-state index contributed by atoms with van der Waals surface area (Å²) in [5, 5.41) is 46.8. The number of aliphatic hydroxyl groups excluding tert-OH is 2. The molecular weight excluding hydrogens is 770 g/mol. The summed E-state index contributed by atoms with van der Waals surface area (Å²) in [5.74, 6) is -6.62. The fourth-order valence-corrected chi connectivity index (χ4v) is 5.63. The van der Waals surface area contributed by atoms with Gasteiger partial charge in [-0.05, 0) is 62.6 Å². The molecule has 8 amide bonds. The third-order valence-corrected chi connectivity index (χ3v) is 8.99. The molecule has 20 heteroatoms. The first kappa shape index (κ1) is 51.7. The Hall–Kier alpha value is -5.34. The van der Waals surface area contributed by atoms with E-state index in [9.17, 15) is 53.7 Å². The number of benzene rings is 1. The molecule has 1 aromatic carbocycles. The van der Waals surface area contributed by atoms with Crippen molar-refractivity contribution in [2.45, 2.75) is 135 Å². The summed E-state index contributed by atoms with van der Waals surface area (Å²) in [5.41, 5.74) is 11.5. The number of carbonyl (C=O) groups excluding carboxylic acids is 8. The Labute approximate surface area is 345 Å². The van der Waals surface area contributed by atoms with Crippen molar-refractivity contribution in [3.63, 3.8) is 0 Å². The smallest absolute Gasteiger partial charge is 0.245 e. The van der Waals surface area contributed by atoms with Gasteiger partial charge in [0, 0.05) is 6.42 Å². The zero-order chi connectivity index (χ0) is 45.0. The first-order chi connectivity index (χ1) is 27.6. The molecule has 0 saturated carbocycles. The number of phenolic OH excluding ortho intramolecular Hbond substituents is 1. The number of nitrogens with two attached hydrogens (primary N) is 2. The lowest BCUT2D eigenvalue weighted by Gasteiger charge is -2.27. The SMILES string of the molecule is CCCC[C@H](NC(=O)[C@H](CO)NC(=O)[C@H](C)NC(=O)[C@H](Cc1ccc(O)cc1)NC(=O)[C@H](CC(C)C)NC(=O)[C@H](C)N)C(=O)N[C@@H](CC(C)C)C(=O)N[C@@H](CO)C(N)=O. The number of phenols is 1. The molecule has 1 rings (SSSR count). The van der Waals surface area contributed by atoms with Crippen LogP contribution in [0.3, 0.4) is 0 Å². The number of hydrogen-bond acceptors (Lipinski definition) is 12. The summed E-state index contributed by atoms with van der Waals surface area (Å²) >= 11 is 0. The van der Waals surface area contributed by atoms with Gasteiger partial charge < -0.3 is 64.0 Å². The van der Waals surface area contributed by atoms with Crippen LogP contribution in [0.1, 0.15) is 86.1 Å². The van der Waals surface area contributed by atoms with Crippen LogP contribution in [-0.4, -0.2) is 124 Å². The number of carbonyl (C=O) groups is 8. The Morgan fingerprint density at radius 1 is 0.559 bits per heavy atom. The zero-order valence-electron chi connectivity index (χ0n) is 35.0. The standard InChI is InChI=1S/C39H65N9O11/c1-8-9-10-26(35(55)45-28(16-21(4)5)38(58)47-30(18-49)32(41)52)43-39(59)31(19-50)48-34(54)23(7)42-36(56)29(17-24-11-13-25(51)14-12-24)46-37(57)27(15-20(2)3)44-33(53)22(6)40/h11-14,20-23,26-31,49-51H,8-10,15-19,40H2,1-7H3,(H2,41,52)(H,42,56)(H,43,59)(H,44,53)(H,45,55)(H,46,57)(H,47,58)(H,48,54)/t22-,23-,26-,27-,28-,29-,30-,31-/m0/s1. The van der Waals surface area contributed by atoms with E-state index in [1.54, 1.807) is 13.8 Å². The lowest BCUT2D eigenvalue weighted by Crippen LogP contribution is -2.60. The number of rotatable bonds is 26. The molecule has 20 nitrogen and oxygen atoms in total. The van der Waals surface area contributed by atoms with E-state index < -0.39 is 109 Å². The maximum atomic E-state index is 13.7. The molecule has 59 heavy (non-hydrogen) atoms. The minimum atomic E-state index is -1.59. The van der Waals surface area contributed by atoms with Crippen LogP contribution in [0.4, 0.5) is 0 Å². The second-order valence-corrected chi connectivity index (χ2v) is 15.4. The van der Waals surface area contributed by atoms with E-state index in [2.05, 4.69) is 37.2 Å². The number of aliphatic hydroxyl groups is 2. The molecule has 0 aliphatic heterocycles. The number of amides is 8. The normalized spacial score (nSPS) is 15.3. The first-order valence-corrected chi connectivity index (χ1v) is 19.8. The highest BCUT2D eigenvalue weighted by atomic mass is 16.3. The molecule has 0 saturated heterocycles. The molecule has 0 heterocycles. The van der Waals surface area contributed by atoms with Gasteiger partial charge in [-0.25, -0.2) is 0 Å². The molecule has 14 N–H and O–H groups in total. The predicted octanol–water partition coefficient (Wildman–Crippen LogP) is -2.55. The maximum Gasteiger partial charge on any atom is 0.245 e. The maximum absolute atomic E-state index is 13.7. The second kappa shape index (κ2) is 25.9. The molecular formula is C39H65N9O11. The largest absolute Gasteiger partial charge is 0.508 e. The first-order valence-electron chi connectivity index (χ1n) is 19.8. The fourth-order valence-electron chi connectivity index (χ4n) is 5.63. The van der Waals surface area contributed by atoms with E-state index in [1.807, 2.05) is 20.8 Å². The molecule has 0 bridgehead atoms. The third kappa shape index (κ3) is 18.9. The van der Waals surface area contributed by atoms with Gasteiger partial charge in [-0.2, -0.15) is 0 Å². The Morgan fingerprint density at radius 2 is 0.966 bits per heavy atom. The molecule has 0 aliphatic carbocycles. The average molecular weight is 836 g/mol. The van der Waals surface area contributed by atoms with Crippen molar-refractivity contribution in [1.29, 1.82) is 0 Å². The zero-order valence-corrected chi connectivity index (χ0v) is 35.0. The minimum absolute atomic E-state index is 0.0313. The number of primary amides is 1. The fraction of sp³-hybridized carbons (Fsp3) is 0.641. The number of unbranched alkanes of at least 4 members (excludes halogenated alkanes) is 1. The molecule has 332 valence electrons. The Bertz CT molecular complexity index is 1570. The van der Waals surface area contributed by atoms with Gasteiger partial charge in [0.1, 0.15) is 48.0 Å². The van der Waals surface area contributed by atoms with Crippen molar-refractivity contribution in [3.8, 4) is 5.75 Å². The van der Waals surface area contributed by atoms with Gasteiger partial charge in [0.05, 0.1) is 19.3 Å². The van der Waals surface area contributed by atoms with E-state index in [4.69, 9.17) is 11.5 Å². The van der Waals surface area contributed by atoms with Crippen LogP contribution in [0.2, 0.25) is 0 Å². The van der Waals surface area contributed by atoms with Crippen LogP contribution >= 0.6 is 0 Å². The third-order valence-electron chi connectivity index (χ3n) is 8.99. The monoisotopic (exact) mass is 835 g/mol. The van der Waals surface area contributed by atoms with Crippen LogP contribution < -0.4 is 48.7 Å². The van der Waals surface area contributed by atoms with Gasteiger partial charge in [-0.1, -0.05) is 59.6 Å². The van der Waals surface area contributed by atoms with Crippen molar-refractivity contribution in [3.05, 3.63) is 29.8 Å². The van der Waals surface area contributed by atoms with Crippen LogP contribution in [0, 0.1) is 11.8 Å². The lowest BCUT2D eigenvalue weighted by atomic mass is 10.0. The van der Waals surface area contributed by atoms with Crippen molar-refractivity contribution in [2.75, 3.05) is 13.2 Å². The topological polar surface area (TPSA) is 333 Å². The molecule has 0 fully saturated rings.